The molecule has 2 aromatic heterocycles. The van der Waals surface area contributed by atoms with E-state index in [9.17, 15) is 4.79 Å². The Hall–Kier alpha value is -2.73. The van der Waals surface area contributed by atoms with Crippen LogP contribution in [0.5, 0.6) is 5.75 Å². The van der Waals surface area contributed by atoms with Gasteiger partial charge in [-0.2, -0.15) is 0 Å². The van der Waals surface area contributed by atoms with Crippen LogP contribution in [0.3, 0.4) is 0 Å². The van der Waals surface area contributed by atoms with Gasteiger partial charge in [-0.25, -0.2) is 4.98 Å². The quantitative estimate of drug-likeness (QED) is 0.676. The van der Waals surface area contributed by atoms with Gasteiger partial charge in [0.15, 0.2) is 0 Å². The van der Waals surface area contributed by atoms with Crippen molar-refractivity contribution in [1.29, 1.82) is 0 Å². The highest BCUT2D eigenvalue weighted by Crippen LogP contribution is 2.14. The van der Waals surface area contributed by atoms with Gasteiger partial charge in [0.05, 0.1) is 18.3 Å². The van der Waals surface area contributed by atoms with Crippen molar-refractivity contribution in [2.24, 2.45) is 0 Å². The molecular formula is C19H19N3O2S. The summed E-state index contributed by atoms with van der Waals surface area (Å²) in [6.45, 7) is 1.01. The molecule has 6 heteroatoms. The Morgan fingerprint density at radius 2 is 2.04 bits per heavy atom. The number of pyridine rings is 1. The average Bonchev–Trinajstić information content (AvgIpc) is 3.09. The minimum Gasteiger partial charge on any atom is -0.485 e. The second-order valence-electron chi connectivity index (χ2n) is 5.47. The number of benzene rings is 1. The summed E-state index contributed by atoms with van der Waals surface area (Å²) < 4.78 is 5.63. The Morgan fingerprint density at radius 1 is 1.16 bits per heavy atom. The largest absolute Gasteiger partial charge is 0.485 e. The van der Waals surface area contributed by atoms with Gasteiger partial charge in [-0.3, -0.25) is 9.78 Å². The predicted octanol–water partition coefficient (Wildman–Crippen LogP) is 3.02. The number of aromatic nitrogens is 2. The van der Waals surface area contributed by atoms with Crippen LogP contribution in [0.4, 0.5) is 0 Å². The molecule has 0 saturated carbocycles. The van der Waals surface area contributed by atoms with Crippen molar-refractivity contribution < 1.29 is 9.53 Å². The first kappa shape index (κ1) is 17.1. The molecular weight excluding hydrogens is 334 g/mol. The van der Waals surface area contributed by atoms with Gasteiger partial charge in [0.2, 0.25) is 5.91 Å². The van der Waals surface area contributed by atoms with Crippen molar-refractivity contribution >= 4 is 17.2 Å². The molecule has 0 fully saturated rings. The number of nitrogens with zero attached hydrogens (tertiary/aromatic N) is 2. The third kappa shape index (κ3) is 5.69. The maximum absolute atomic E-state index is 11.9. The first-order valence-electron chi connectivity index (χ1n) is 8.06. The molecule has 128 valence electrons. The third-order valence-corrected chi connectivity index (χ3v) is 4.38. The Bertz CT molecular complexity index is 791. The van der Waals surface area contributed by atoms with Gasteiger partial charge in [-0.05, 0) is 17.7 Å². The number of hydrogen-bond acceptors (Lipinski definition) is 5. The first-order chi connectivity index (χ1) is 12.3. The van der Waals surface area contributed by atoms with E-state index in [1.165, 1.54) is 0 Å². The summed E-state index contributed by atoms with van der Waals surface area (Å²) in [6, 6.07) is 13.4. The molecule has 5 nitrogen and oxygen atoms in total. The van der Waals surface area contributed by atoms with E-state index in [1.807, 2.05) is 47.8 Å². The van der Waals surface area contributed by atoms with Crippen molar-refractivity contribution in [2.45, 2.75) is 19.4 Å². The summed E-state index contributed by atoms with van der Waals surface area (Å²) in [6.07, 6.45) is 4.50. The smallest absolute Gasteiger partial charge is 0.224 e. The lowest BCUT2D eigenvalue weighted by atomic mass is 10.1. The zero-order chi connectivity index (χ0) is 17.3. The topological polar surface area (TPSA) is 64.1 Å². The molecule has 0 atom stereocenters. The average molecular weight is 353 g/mol. The van der Waals surface area contributed by atoms with Crippen LogP contribution in [-0.2, 0) is 24.2 Å². The molecule has 0 radical (unpaired) electrons. The normalized spacial score (nSPS) is 10.4. The molecule has 0 aliphatic rings. The molecule has 3 rings (SSSR count). The van der Waals surface area contributed by atoms with Crippen molar-refractivity contribution in [2.75, 3.05) is 6.54 Å². The molecule has 1 amide bonds. The summed E-state index contributed by atoms with van der Waals surface area (Å²) in [5.74, 6) is 0.758. The first-order valence-corrected chi connectivity index (χ1v) is 8.94. The van der Waals surface area contributed by atoms with Gasteiger partial charge in [0.25, 0.3) is 0 Å². The summed E-state index contributed by atoms with van der Waals surface area (Å²) in [4.78, 5) is 20.4. The van der Waals surface area contributed by atoms with Crippen LogP contribution >= 0.6 is 11.3 Å². The SMILES string of the molecule is O=C(Cc1ccccc1)NCCc1csc(COc2cccnc2)n1. The number of hydrogen-bond donors (Lipinski definition) is 1. The fourth-order valence-electron chi connectivity index (χ4n) is 2.28. The molecule has 25 heavy (non-hydrogen) atoms. The van der Waals surface area contributed by atoms with E-state index in [2.05, 4.69) is 15.3 Å². The highest BCUT2D eigenvalue weighted by atomic mass is 32.1. The Balaban J connectivity index is 1.39. The van der Waals surface area contributed by atoms with E-state index in [4.69, 9.17) is 4.74 Å². The predicted molar refractivity (Wildman–Crippen MR) is 97.5 cm³/mol. The lowest BCUT2D eigenvalue weighted by molar-refractivity contribution is -0.120. The summed E-state index contributed by atoms with van der Waals surface area (Å²) in [5, 5.41) is 5.85. The number of nitrogens with one attached hydrogen (secondary N) is 1. The molecule has 0 spiro atoms. The molecule has 3 aromatic rings. The van der Waals surface area contributed by atoms with Gasteiger partial charge in [-0.15, -0.1) is 11.3 Å². The Morgan fingerprint density at radius 3 is 2.84 bits per heavy atom. The molecule has 0 saturated heterocycles. The number of amides is 1. The van der Waals surface area contributed by atoms with Gasteiger partial charge in [-0.1, -0.05) is 30.3 Å². The highest BCUT2D eigenvalue weighted by Gasteiger charge is 2.06. The zero-order valence-corrected chi connectivity index (χ0v) is 14.5. The van der Waals surface area contributed by atoms with Crippen molar-refractivity contribution in [3.05, 3.63) is 76.5 Å². The van der Waals surface area contributed by atoms with E-state index in [0.717, 1.165) is 22.0 Å². The van der Waals surface area contributed by atoms with Crippen molar-refractivity contribution in [3.63, 3.8) is 0 Å². The van der Waals surface area contributed by atoms with Gasteiger partial charge >= 0.3 is 0 Å². The molecule has 1 N–H and O–H groups in total. The monoisotopic (exact) mass is 353 g/mol. The van der Waals surface area contributed by atoms with Crippen LogP contribution in [0.2, 0.25) is 0 Å². The number of thiazole rings is 1. The van der Waals surface area contributed by atoms with Crippen LogP contribution in [0.1, 0.15) is 16.3 Å². The standard InChI is InChI=1S/C19H19N3O2S/c23-18(11-15-5-2-1-3-6-15)21-10-8-16-14-25-19(22-16)13-24-17-7-4-9-20-12-17/h1-7,9,12,14H,8,10-11,13H2,(H,21,23). The lowest BCUT2D eigenvalue weighted by Gasteiger charge is -2.04. The number of ether oxygens (including phenoxy) is 1. The second-order valence-corrected chi connectivity index (χ2v) is 6.41. The van der Waals surface area contributed by atoms with Gasteiger partial charge in [0.1, 0.15) is 17.4 Å². The molecule has 0 aliphatic carbocycles. The minimum absolute atomic E-state index is 0.0292. The molecule has 1 aromatic carbocycles. The van der Waals surface area contributed by atoms with E-state index >= 15 is 0 Å². The Kier molecular flexibility index (Phi) is 6.11. The molecule has 2 heterocycles. The van der Waals surface area contributed by atoms with E-state index in [1.54, 1.807) is 23.7 Å². The summed E-state index contributed by atoms with van der Waals surface area (Å²) in [5.41, 5.74) is 1.98. The fraction of sp³-hybridized carbons (Fsp3) is 0.211. The molecule has 0 aliphatic heterocycles. The Labute approximate surface area is 150 Å². The van der Waals surface area contributed by atoms with Crippen LogP contribution in [-0.4, -0.2) is 22.4 Å². The summed E-state index contributed by atoms with van der Waals surface area (Å²) in [7, 11) is 0. The maximum atomic E-state index is 11.9. The highest BCUT2D eigenvalue weighted by molar-refractivity contribution is 7.09. The van der Waals surface area contributed by atoms with E-state index in [0.29, 0.717) is 26.0 Å². The third-order valence-electron chi connectivity index (χ3n) is 3.51. The number of carbonyl (C=O) groups is 1. The van der Waals surface area contributed by atoms with Crippen LogP contribution < -0.4 is 10.1 Å². The minimum atomic E-state index is 0.0292. The summed E-state index contributed by atoms with van der Waals surface area (Å²) >= 11 is 1.56. The van der Waals surface area contributed by atoms with E-state index < -0.39 is 0 Å². The number of rotatable bonds is 8. The zero-order valence-electron chi connectivity index (χ0n) is 13.7. The van der Waals surface area contributed by atoms with Gasteiger partial charge in [0, 0.05) is 24.5 Å². The van der Waals surface area contributed by atoms with Gasteiger partial charge < -0.3 is 10.1 Å². The lowest BCUT2D eigenvalue weighted by Crippen LogP contribution is -2.27. The number of carbonyl (C=O) groups excluding carboxylic acids is 1. The molecule has 0 bridgehead atoms. The molecule has 0 unspecified atom stereocenters. The fourth-order valence-corrected chi connectivity index (χ4v) is 3.02. The van der Waals surface area contributed by atoms with Crippen molar-refractivity contribution in [1.82, 2.24) is 15.3 Å². The van der Waals surface area contributed by atoms with Crippen LogP contribution in [0.25, 0.3) is 0 Å². The van der Waals surface area contributed by atoms with Crippen LogP contribution in [0, 0.1) is 0 Å². The second kappa shape index (κ2) is 8.94. The van der Waals surface area contributed by atoms with Crippen LogP contribution in [0.15, 0.2) is 60.2 Å². The maximum Gasteiger partial charge on any atom is 0.224 e. The van der Waals surface area contributed by atoms with Crippen molar-refractivity contribution in [3.8, 4) is 5.75 Å². The van der Waals surface area contributed by atoms with E-state index in [-0.39, 0.29) is 5.91 Å².